The van der Waals surface area contributed by atoms with Gasteiger partial charge in [0, 0.05) is 14.8 Å². The summed E-state index contributed by atoms with van der Waals surface area (Å²) < 4.78 is 14.2. The Hall–Kier alpha value is -0.380. The Kier molecular flexibility index (Phi) is 6.06. The highest BCUT2D eigenvalue weighted by Gasteiger charge is 2.12. The molecule has 1 atom stereocenters. The average Bonchev–Trinajstić information content (AvgIpc) is 2.39. The molecule has 0 aliphatic rings. The third kappa shape index (κ3) is 4.57. The molecule has 20 heavy (non-hydrogen) atoms. The molecule has 0 saturated carbocycles. The van der Waals surface area contributed by atoms with Crippen LogP contribution in [0.4, 0.5) is 4.39 Å². The van der Waals surface area contributed by atoms with E-state index in [2.05, 4.69) is 31.9 Å². The lowest BCUT2D eigenvalue weighted by molar-refractivity contribution is 0.582. The van der Waals surface area contributed by atoms with Crippen LogP contribution in [0.5, 0.6) is 0 Å². The fourth-order valence-corrected chi connectivity index (χ4v) is 3.40. The molecule has 0 bridgehead atoms. The van der Waals surface area contributed by atoms with E-state index < -0.39 is 0 Å². The van der Waals surface area contributed by atoms with Crippen LogP contribution < -0.4 is 0 Å². The van der Waals surface area contributed by atoms with Crippen LogP contribution in [0.1, 0.15) is 11.1 Å². The van der Waals surface area contributed by atoms with Crippen molar-refractivity contribution >= 4 is 43.5 Å². The Labute approximate surface area is 140 Å². The molecule has 0 aliphatic heterocycles. The highest BCUT2D eigenvalue weighted by Crippen LogP contribution is 2.24. The molecule has 0 radical (unpaired) electrons. The zero-order valence-corrected chi connectivity index (χ0v) is 14.7. The van der Waals surface area contributed by atoms with Crippen LogP contribution in [0.25, 0.3) is 0 Å². The summed E-state index contributed by atoms with van der Waals surface area (Å²) in [5.41, 5.74) is 2.13. The van der Waals surface area contributed by atoms with Gasteiger partial charge in [-0.25, -0.2) is 4.39 Å². The lowest BCUT2D eigenvalue weighted by atomic mass is 9.94. The van der Waals surface area contributed by atoms with Gasteiger partial charge in [0.2, 0.25) is 0 Å². The minimum atomic E-state index is -0.208. The summed E-state index contributed by atoms with van der Waals surface area (Å²) in [4.78, 5) is 0. The summed E-state index contributed by atoms with van der Waals surface area (Å²) in [5, 5.41) is 1.64. The zero-order valence-electron chi connectivity index (χ0n) is 10.8. The van der Waals surface area contributed by atoms with Gasteiger partial charge in [0.05, 0.1) is 0 Å². The molecule has 0 saturated heterocycles. The van der Waals surface area contributed by atoms with Gasteiger partial charge in [-0.1, -0.05) is 61.7 Å². The third-order valence-electron chi connectivity index (χ3n) is 3.13. The largest absolute Gasteiger partial charge is 0.207 e. The van der Waals surface area contributed by atoms with E-state index >= 15 is 0 Å². The molecular weight excluding hydrogens is 406 g/mol. The topological polar surface area (TPSA) is 0 Å². The molecule has 0 aliphatic carbocycles. The van der Waals surface area contributed by atoms with Gasteiger partial charge in [-0.2, -0.15) is 0 Å². The van der Waals surface area contributed by atoms with Gasteiger partial charge in [0.1, 0.15) is 5.82 Å². The fourth-order valence-electron chi connectivity index (χ4n) is 2.22. The molecule has 2 aromatic rings. The Balaban J connectivity index is 2.11. The first-order valence-corrected chi connectivity index (χ1v) is 8.62. The predicted molar refractivity (Wildman–Crippen MR) is 90.2 cm³/mol. The Morgan fingerprint density at radius 1 is 1.10 bits per heavy atom. The van der Waals surface area contributed by atoms with Crippen molar-refractivity contribution in [3.63, 3.8) is 0 Å². The normalized spacial score (nSPS) is 12.4. The zero-order chi connectivity index (χ0) is 14.5. The number of halogens is 4. The van der Waals surface area contributed by atoms with E-state index in [0.29, 0.717) is 5.92 Å². The minimum Gasteiger partial charge on any atom is -0.207 e. The molecule has 0 heterocycles. The van der Waals surface area contributed by atoms with Crippen LogP contribution in [-0.4, -0.2) is 5.33 Å². The molecule has 2 rings (SSSR count). The van der Waals surface area contributed by atoms with Gasteiger partial charge < -0.3 is 0 Å². The molecule has 0 spiro atoms. The van der Waals surface area contributed by atoms with Gasteiger partial charge in [-0.15, -0.1) is 0 Å². The van der Waals surface area contributed by atoms with E-state index in [1.807, 2.05) is 30.3 Å². The van der Waals surface area contributed by atoms with E-state index in [9.17, 15) is 4.39 Å². The first-order valence-electron chi connectivity index (χ1n) is 6.33. The first-order chi connectivity index (χ1) is 9.58. The standard InChI is InChI=1S/C16H14Br2ClF/c17-10-12(6-13-3-1-2-4-16(13)19)5-11-7-14(18)9-15(20)8-11/h1-4,7-9,12H,5-6,10H2. The van der Waals surface area contributed by atoms with Crippen LogP contribution in [0, 0.1) is 11.7 Å². The lowest BCUT2D eigenvalue weighted by Crippen LogP contribution is -2.10. The second-order valence-electron chi connectivity index (χ2n) is 4.80. The molecule has 0 nitrogen and oxygen atoms in total. The average molecular weight is 421 g/mol. The summed E-state index contributed by atoms with van der Waals surface area (Å²) in [6.45, 7) is 0. The summed E-state index contributed by atoms with van der Waals surface area (Å²) >= 11 is 13.1. The maximum atomic E-state index is 13.4. The van der Waals surface area contributed by atoms with Gasteiger partial charge in [-0.05, 0) is 54.2 Å². The van der Waals surface area contributed by atoms with Crippen LogP contribution in [0.15, 0.2) is 46.9 Å². The highest BCUT2D eigenvalue weighted by atomic mass is 79.9. The van der Waals surface area contributed by atoms with Gasteiger partial charge in [0.15, 0.2) is 0 Å². The van der Waals surface area contributed by atoms with Crippen molar-refractivity contribution in [2.75, 3.05) is 5.33 Å². The van der Waals surface area contributed by atoms with Crippen molar-refractivity contribution in [1.29, 1.82) is 0 Å². The summed E-state index contributed by atoms with van der Waals surface area (Å²) in [7, 11) is 0. The fraction of sp³-hybridized carbons (Fsp3) is 0.250. The van der Waals surface area contributed by atoms with Gasteiger partial charge in [-0.3, -0.25) is 0 Å². The second kappa shape index (κ2) is 7.58. The van der Waals surface area contributed by atoms with Crippen molar-refractivity contribution in [2.24, 2.45) is 5.92 Å². The number of hydrogen-bond acceptors (Lipinski definition) is 0. The molecule has 1 unspecified atom stereocenters. The molecule has 106 valence electrons. The van der Waals surface area contributed by atoms with E-state index in [-0.39, 0.29) is 5.82 Å². The van der Waals surface area contributed by atoms with Crippen LogP contribution in [0.3, 0.4) is 0 Å². The smallest absolute Gasteiger partial charge is 0.124 e. The number of alkyl halides is 1. The van der Waals surface area contributed by atoms with Gasteiger partial charge in [0.25, 0.3) is 0 Å². The Morgan fingerprint density at radius 2 is 1.85 bits per heavy atom. The number of benzene rings is 2. The third-order valence-corrected chi connectivity index (χ3v) is 4.87. The quantitative estimate of drug-likeness (QED) is 0.518. The van der Waals surface area contributed by atoms with Crippen molar-refractivity contribution in [1.82, 2.24) is 0 Å². The van der Waals surface area contributed by atoms with Crippen molar-refractivity contribution in [2.45, 2.75) is 12.8 Å². The monoisotopic (exact) mass is 418 g/mol. The molecule has 0 amide bonds. The van der Waals surface area contributed by atoms with Crippen LogP contribution >= 0.6 is 43.5 Å². The minimum absolute atomic E-state index is 0.208. The van der Waals surface area contributed by atoms with Crippen molar-refractivity contribution < 1.29 is 4.39 Å². The van der Waals surface area contributed by atoms with Gasteiger partial charge >= 0.3 is 0 Å². The lowest BCUT2D eigenvalue weighted by Gasteiger charge is -2.15. The summed E-state index contributed by atoms with van der Waals surface area (Å²) in [6, 6.07) is 12.9. The summed E-state index contributed by atoms with van der Waals surface area (Å²) in [5.74, 6) is 0.170. The first kappa shape index (κ1) is 16.0. The number of hydrogen-bond donors (Lipinski definition) is 0. The SMILES string of the molecule is Fc1cc(Br)cc(CC(CBr)Cc2ccccc2Cl)c1. The summed E-state index contributed by atoms with van der Waals surface area (Å²) in [6.07, 6.45) is 1.69. The van der Waals surface area contributed by atoms with Crippen LogP contribution in [0.2, 0.25) is 5.02 Å². The predicted octanol–water partition coefficient (Wildman–Crippen LogP) is 6.04. The second-order valence-corrected chi connectivity index (χ2v) is 6.77. The highest BCUT2D eigenvalue weighted by molar-refractivity contribution is 9.10. The number of rotatable bonds is 5. The molecule has 0 fully saturated rings. The maximum absolute atomic E-state index is 13.4. The van der Waals surface area contributed by atoms with E-state index in [1.54, 1.807) is 6.07 Å². The van der Waals surface area contributed by atoms with E-state index in [0.717, 1.165) is 38.8 Å². The Bertz CT molecular complexity index is 566. The van der Waals surface area contributed by atoms with Crippen molar-refractivity contribution in [3.05, 3.63) is 68.9 Å². The van der Waals surface area contributed by atoms with Crippen molar-refractivity contribution in [3.8, 4) is 0 Å². The molecule has 4 heteroatoms. The van der Waals surface area contributed by atoms with Crippen LogP contribution in [-0.2, 0) is 12.8 Å². The molecule has 0 aromatic heterocycles. The van der Waals surface area contributed by atoms with E-state index in [4.69, 9.17) is 11.6 Å². The molecule has 2 aromatic carbocycles. The molecule has 0 N–H and O–H groups in total. The molecular formula is C16H14Br2ClF. The van der Waals surface area contributed by atoms with E-state index in [1.165, 1.54) is 6.07 Å². The maximum Gasteiger partial charge on any atom is 0.124 e. The Morgan fingerprint density at radius 3 is 2.50 bits per heavy atom.